The van der Waals surface area contributed by atoms with E-state index in [2.05, 4.69) is 19.2 Å². The Bertz CT molecular complexity index is 372. The summed E-state index contributed by atoms with van der Waals surface area (Å²) in [4.78, 5) is 0. The Morgan fingerprint density at radius 3 is 2.41 bits per heavy atom. The molecule has 0 aliphatic carbocycles. The normalized spacial score (nSPS) is 12.2. The fourth-order valence-corrected chi connectivity index (χ4v) is 1.85. The molecular formula is C14H21F2N. The first-order chi connectivity index (χ1) is 7.83. The Kier molecular flexibility index (Phi) is 4.63. The molecule has 1 nitrogen and oxygen atoms in total. The van der Waals surface area contributed by atoms with Crippen LogP contribution in [0.2, 0.25) is 0 Å². The molecule has 0 aromatic heterocycles. The molecule has 0 aliphatic rings. The molecule has 0 radical (unpaired) electrons. The van der Waals surface area contributed by atoms with Gasteiger partial charge < -0.3 is 5.32 Å². The summed E-state index contributed by atoms with van der Waals surface area (Å²) in [7, 11) is 0. The maximum Gasteiger partial charge on any atom is 0.129 e. The molecule has 3 heteroatoms. The van der Waals surface area contributed by atoms with Gasteiger partial charge in [-0.25, -0.2) is 8.78 Å². The molecule has 17 heavy (non-hydrogen) atoms. The van der Waals surface area contributed by atoms with Gasteiger partial charge in [-0.15, -0.1) is 0 Å². The average Bonchev–Trinajstić information content (AvgIpc) is 2.15. The number of hydrogen-bond acceptors (Lipinski definition) is 1. The van der Waals surface area contributed by atoms with Crippen molar-refractivity contribution < 1.29 is 8.78 Å². The van der Waals surface area contributed by atoms with E-state index in [1.807, 2.05) is 13.8 Å². The van der Waals surface area contributed by atoms with Gasteiger partial charge >= 0.3 is 0 Å². The van der Waals surface area contributed by atoms with Crippen molar-refractivity contribution in [1.29, 1.82) is 0 Å². The van der Waals surface area contributed by atoms with Crippen LogP contribution in [0.3, 0.4) is 0 Å². The fraction of sp³-hybridized carbons (Fsp3) is 0.571. The highest BCUT2D eigenvalue weighted by atomic mass is 19.1. The molecule has 1 aromatic rings. The summed E-state index contributed by atoms with van der Waals surface area (Å²) in [5, 5.41) is 3.31. The lowest BCUT2D eigenvalue weighted by Crippen LogP contribution is -2.30. The van der Waals surface area contributed by atoms with Gasteiger partial charge in [0.2, 0.25) is 0 Å². The Hall–Kier alpha value is -0.960. The first kappa shape index (κ1) is 14.1. The van der Waals surface area contributed by atoms with Gasteiger partial charge in [-0.3, -0.25) is 0 Å². The Morgan fingerprint density at radius 1 is 1.24 bits per heavy atom. The zero-order valence-electron chi connectivity index (χ0n) is 11.0. The fourth-order valence-electron chi connectivity index (χ4n) is 1.85. The van der Waals surface area contributed by atoms with Gasteiger partial charge in [0.1, 0.15) is 11.6 Å². The van der Waals surface area contributed by atoms with E-state index in [0.717, 1.165) is 19.0 Å². The minimum Gasteiger partial charge on any atom is -0.315 e. The van der Waals surface area contributed by atoms with E-state index >= 15 is 0 Å². The van der Waals surface area contributed by atoms with E-state index in [9.17, 15) is 8.78 Å². The van der Waals surface area contributed by atoms with Gasteiger partial charge in [-0.05, 0) is 30.0 Å². The molecule has 1 N–H and O–H groups in total. The lowest BCUT2D eigenvalue weighted by molar-refractivity contribution is 0.421. The quantitative estimate of drug-likeness (QED) is 0.830. The van der Waals surface area contributed by atoms with Gasteiger partial charge in [0.15, 0.2) is 0 Å². The summed E-state index contributed by atoms with van der Waals surface area (Å²) in [5.74, 6) is -0.984. The van der Waals surface area contributed by atoms with Gasteiger partial charge in [-0.1, -0.05) is 33.8 Å². The minimum atomic E-state index is -0.526. The van der Waals surface area contributed by atoms with Gasteiger partial charge in [0.25, 0.3) is 0 Å². The first-order valence-electron chi connectivity index (χ1n) is 6.02. The number of rotatable bonds is 5. The average molecular weight is 241 g/mol. The van der Waals surface area contributed by atoms with Crippen LogP contribution in [0.25, 0.3) is 0 Å². The Morgan fingerprint density at radius 2 is 1.88 bits per heavy atom. The topological polar surface area (TPSA) is 12.0 Å². The predicted octanol–water partition coefficient (Wildman–Crippen LogP) is 3.63. The molecule has 0 saturated heterocycles. The summed E-state index contributed by atoms with van der Waals surface area (Å²) >= 11 is 0. The van der Waals surface area contributed by atoms with Crippen LogP contribution in [0.1, 0.15) is 39.7 Å². The second-order valence-corrected chi connectivity index (χ2v) is 5.37. The molecular weight excluding hydrogens is 220 g/mol. The van der Waals surface area contributed by atoms with E-state index < -0.39 is 11.6 Å². The summed E-state index contributed by atoms with van der Waals surface area (Å²) in [6, 6.07) is 4.23. The standard InChI is InChI=1S/C14H21F2N/c1-10(2)17-8-7-14(3,4)12-6-5-11(15)9-13(12)16/h5-6,9-10,17H,7-8H2,1-4H3. The highest BCUT2D eigenvalue weighted by Gasteiger charge is 2.23. The molecule has 0 saturated carbocycles. The van der Waals surface area contributed by atoms with E-state index in [1.165, 1.54) is 6.07 Å². The number of halogens is 2. The van der Waals surface area contributed by atoms with Crippen molar-refractivity contribution >= 4 is 0 Å². The van der Waals surface area contributed by atoms with Crippen molar-refractivity contribution in [3.05, 3.63) is 35.4 Å². The third-order valence-electron chi connectivity index (χ3n) is 2.96. The van der Waals surface area contributed by atoms with E-state index in [1.54, 1.807) is 6.07 Å². The van der Waals surface area contributed by atoms with Gasteiger partial charge in [-0.2, -0.15) is 0 Å². The summed E-state index contributed by atoms with van der Waals surface area (Å²) in [5.41, 5.74) is 0.282. The Labute approximate surface area is 102 Å². The monoisotopic (exact) mass is 241 g/mol. The third-order valence-corrected chi connectivity index (χ3v) is 2.96. The van der Waals surface area contributed by atoms with Crippen LogP contribution in [0.5, 0.6) is 0 Å². The van der Waals surface area contributed by atoms with Crippen molar-refractivity contribution in [2.75, 3.05) is 6.54 Å². The van der Waals surface area contributed by atoms with Crippen LogP contribution in [-0.4, -0.2) is 12.6 Å². The molecule has 1 aromatic carbocycles. The molecule has 0 aliphatic heterocycles. The number of hydrogen-bond donors (Lipinski definition) is 1. The maximum atomic E-state index is 13.7. The molecule has 0 heterocycles. The third kappa shape index (κ3) is 4.08. The maximum absolute atomic E-state index is 13.7. The zero-order valence-corrected chi connectivity index (χ0v) is 11.0. The van der Waals surface area contributed by atoms with Crippen LogP contribution in [-0.2, 0) is 5.41 Å². The van der Waals surface area contributed by atoms with Crippen molar-refractivity contribution in [2.24, 2.45) is 0 Å². The minimum absolute atomic E-state index is 0.292. The van der Waals surface area contributed by atoms with E-state index in [4.69, 9.17) is 0 Å². The highest BCUT2D eigenvalue weighted by Crippen LogP contribution is 2.29. The van der Waals surface area contributed by atoms with Crippen molar-refractivity contribution in [3.63, 3.8) is 0 Å². The molecule has 0 spiro atoms. The van der Waals surface area contributed by atoms with Crippen molar-refractivity contribution in [3.8, 4) is 0 Å². The van der Waals surface area contributed by atoms with Gasteiger partial charge in [0.05, 0.1) is 0 Å². The largest absolute Gasteiger partial charge is 0.315 e. The molecule has 96 valence electrons. The molecule has 0 amide bonds. The van der Waals surface area contributed by atoms with E-state index in [0.29, 0.717) is 11.6 Å². The van der Waals surface area contributed by atoms with Crippen LogP contribution in [0.15, 0.2) is 18.2 Å². The first-order valence-corrected chi connectivity index (χ1v) is 6.02. The van der Waals surface area contributed by atoms with Crippen molar-refractivity contribution in [1.82, 2.24) is 5.32 Å². The molecule has 0 atom stereocenters. The summed E-state index contributed by atoms with van der Waals surface area (Å²) in [6.45, 7) is 8.93. The van der Waals surface area contributed by atoms with Crippen LogP contribution in [0, 0.1) is 11.6 Å². The number of benzene rings is 1. The van der Waals surface area contributed by atoms with Crippen LogP contribution in [0.4, 0.5) is 8.78 Å². The lowest BCUT2D eigenvalue weighted by Gasteiger charge is -2.26. The van der Waals surface area contributed by atoms with E-state index in [-0.39, 0.29) is 5.41 Å². The molecule has 0 fully saturated rings. The molecule has 0 unspecified atom stereocenters. The SMILES string of the molecule is CC(C)NCCC(C)(C)c1ccc(F)cc1F. The molecule has 0 bridgehead atoms. The lowest BCUT2D eigenvalue weighted by atomic mass is 9.81. The zero-order chi connectivity index (χ0) is 13.1. The highest BCUT2D eigenvalue weighted by molar-refractivity contribution is 5.26. The second kappa shape index (κ2) is 5.58. The number of nitrogens with one attached hydrogen (secondary N) is 1. The second-order valence-electron chi connectivity index (χ2n) is 5.37. The Balaban J connectivity index is 2.74. The molecule has 1 rings (SSSR count). The predicted molar refractivity (Wildman–Crippen MR) is 67.1 cm³/mol. The van der Waals surface area contributed by atoms with Crippen LogP contribution >= 0.6 is 0 Å². The van der Waals surface area contributed by atoms with Gasteiger partial charge in [0, 0.05) is 12.1 Å². The summed E-state index contributed by atoms with van der Waals surface area (Å²) in [6.07, 6.45) is 0.813. The van der Waals surface area contributed by atoms with Crippen molar-refractivity contribution in [2.45, 2.75) is 45.6 Å². The van der Waals surface area contributed by atoms with Crippen LogP contribution < -0.4 is 5.32 Å². The smallest absolute Gasteiger partial charge is 0.129 e. The summed E-state index contributed by atoms with van der Waals surface area (Å²) < 4.78 is 26.5.